The summed E-state index contributed by atoms with van der Waals surface area (Å²) in [4.78, 5) is 13.8. The van der Waals surface area contributed by atoms with Crippen LogP contribution >= 0.6 is 23.5 Å². The third-order valence-corrected chi connectivity index (χ3v) is 6.03. The lowest BCUT2D eigenvalue weighted by molar-refractivity contribution is 0.750. The van der Waals surface area contributed by atoms with Gasteiger partial charge in [0.15, 0.2) is 0 Å². The molecule has 0 spiro atoms. The van der Waals surface area contributed by atoms with Crippen LogP contribution in [0.5, 0.6) is 0 Å². The molecule has 2 saturated heterocycles. The Kier molecular flexibility index (Phi) is 4.94. The summed E-state index contributed by atoms with van der Waals surface area (Å²) >= 11 is 4.10. The molecule has 0 N–H and O–H groups in total. The standard InChI is InChI=1S/C14H22N4S2/c1-12-2-3-17(6-9-20-12)13-10-14(16-11-15-13)18-4-7-19-8-5-18/h10-12H,2-9H2,1H3/t12-/m1/s1. The minimum atomic E-state index is 0.764. The molecule has 0 aromatic carbocycles. The first kappa shape index (κ1) is 14.3. The number of hydrogen-bond donors (Lipinski definition) is 0. The van der Waals surface area contributed by atoms with Crippen molar-refractivity contribution in [2.24, 2.45) is 0 Å². The van der Waals surface area contributed by atoms with E-state index in [1.54, 1.807) is 6.33 Å². The van der Waals surface area contributed by atoms with Gasteiger partial charge in [0, 0.05) is 54.8 Å². The zero-order valence-corrected chi connectivity index (χ0v) is 13.6. The van der Waals surface area contributed by atoms with Crippen LogP contribution in [-0.2, 0) is 0 Å². The van der Waals surface area contributed by atoms with E-state index in [2.05, 4.69) is 44.5 Å². The number of anilines is 2. The molecule has 20 heavy (non-hydrogen) atoms. The lowest BCUT2D eigenvalue weighted by Crippen LogP contribution is -2.33. The van der Waals surface area contributed by atoms with Crippen molar-refractivity contribution in [1.82, 2.24) is 9.97 Å². The summed E-state index contributed by atoms with van der Waals surface area (Å²) in [5.41, 5.74) is 0. The molecule has 2 fully saturated rings. The Morgan fingerprint density at radius 1 is 1.00 bits per heavy atom. The molecule has 0 aliphatic carbocycles. The van der Waals surface area contributed by atoms with E-state index in [1.165, 1.54) is 23.7 Å². The van der Waals surface area contributed by atoms with Crippen LogP contribution in [0.1, 0.15) is 13.3 Å². The SMILES string of the molecule is C[C@@H]1CCN(c2cc(N3CCSCC3)ncn2)CCS1. The van der Waals surface area contributed by atoms with E-state index in [-0.39, 0.29) is 0 Å². The van der Waals surface area contributed by atoms with Gasteiger partial charge in [-0.25, -0.2) is 9.97 Å². The quantitative estimate of drug-likeness (QED) is 0.834. The van der Waals surface area contributed by atoms with Crippen LogP contribution in [0.25, 0.3) is 0 Å². The normalized spacial score (nSPS) is 24.6. The molecule has 4 nitrogen and oxygen atoms in total. The molecule has 1 aromatic rings. The molecule has 0 radical (unpaired) electrons. The second-order valence-corrected chi connectivity index (χ2v) is 8.06. The van der Waals surface area contributed by atoms with Gasteiger partial charge in [-0.1, -0.05) is 6.92 Å². The Hall–Kier alpha value is -0.620. The highest BCUT2D eigenvalue weighted by molar-refractivity contribution is 8.00. The third-order valence-electron chi connectivity index (χ3n) is 3.87. The van der Waals surface area contributed by atoms with E-state index in [9.17, 15) is 0 Å². The van der Waals surface area contributed by atoms with E-state index < -0.39 is 0 Å². The summed E-state index contributed by atoms with van der Waals surface area (Å²) in [6.07, 6.45) is 2.97. The van der Waals surface area contributed by atoms with Crippen molar-refractivity contribution in [2.45, 2.75) is 18.6 Å². The number of aromatic nitrogens is 2. The van der Waals surface area contributed by atoms with Crippen LogP contribution in [-0.4, -0.2) is 58.7 Å². The first-order valence-electron chi connectivity index (χ1n) is 7.34. The van der Waals surface area contributed by atoms with Gasteiger partial charge in [0.25, 0.3) is 0 Å². The maximum absolute atomic E-state index is 4.50. The predicted molar refractivity (Wildman–Crippen MR) is 90.3 cm³/mol. The van der Waals surface area contributed by atoms with Crippen molar-refractivity contribution in [3.05, 3.63) is 12.4 Å². The smallest absolute Gasteiger partial charge is 0.134 e. The van der Waals surface area contributed by atoms with Crippen molar-refractivity contribution in [2.75, 3.05) is 53.2 Å². The van der Waals surface area contributed by atoms with Crippen molar-refractivity contribution >= 4 is 35.2 Å². The van der Waals surface area contributed by atoms with Gasteiger partial charge >= 0.3 is 0 Å². The van der Waals surface area contributed by atoms with E-state index in [0.717, 1.165) is 43.1 Å². The van der Waals surface area contributed by atoms with Gasteiger partial charge in [0.2, 0.25) is 0 Å². The fourth-order valence-corrected chi connectivity index (χ4v) is 4.50. The topological polar surface area (TPSA) is 32.3 Å². The molecule has 110 valence electrons. The van der Waals surface area contributed by atoms with Gasteiger partial charge in [0.1, 0.15) is 18.0 Å². The molecule has 2 aliphatic rings. The highest BCUT2D eigenvalue weighted by Gasteiger charge is 2.18. The van der Waals surface area contributed by atoms with Gasteiger partial charge in [-0.05, 0) is 6.42 Å². The minimum absolute atomic E-state index is 0.764. The predicted octanol–water partition coefficient (Wildman–Crippen LogP) is 2.36. The van der Waals surface area contributed by atoms with Gasteiger partial charge in [-0.15, -0.1) is 0 Å². The summed E-state index contributed by atoms with van der Waals surface area (Å²) in [6.45, 7) is 6.74. The summed E-state index contributed by atoms with van der Waals surface area (Å²) in [6, 6.07) is 2.18. The monoisotopic (exact) mass is 310 g/mol. The Bertz CT molecular complexity index is 437. The molecule has 0 unspecified atom stereocenters. The average molecular weight is 310 g/mol. The molecule has 6 heteroatoms. The lowest BCUT2D eigenvalue weighted by Gasteiger charge is -2.28. The Morgan fingerprint density at radius 3 is 2.40 bits per heavy atom. The summed E-state index contributed by atoms with van der Waals surface area (Å²) in [7, 11) is 0. The number of nitrogens with zero attached hydrogens (tertiary/aromatic N) is 4. The first-order chi connectivity index (χ1) is 9.83. The summed E-state index contributed by atoms with van der Waals surface area (Å²) in [5, 5.41) is 0.764. The maximum atomic E-state index is 4.50. The van der Waals surface area contributed by atoms with E-state index in [4.69, 9.17) is 0 Å². The summed E-state index contributed by atoms with van der Waals surface area (Å²) < 4.78 is 0. The number of hydrogen-bond acceptors (Lipinski definition) is 6. The van der Waals surface area contributed by atoms with Crippen LogP contribution < -0.4 is 9.80 Å². The van der Waals surface area contributed by atoms with Gasteiger partial charge in [0.05, 0.1) is 0 Å². The van der Waals surface area contributed by atoms with Crippen LogP contribution in [0.15, 0.2) is 12.4 Å². The van der Waals surface area contributed by atoms with Crippen molar-refractivity contribution in [3.8, 4) is 0 Å². The fourth-order valence-electron chi connectivity index (χ4n) is 2.60. The molecule has 0 saturated carbocycles. The molecule has 2 aliphatic heterocycles. The zero-order chi connectivity index (χ0) is 13.8. The molecular formula is C14H22N4S2. The van der Waals surface area contributed by atoms with Crippen LogP contribution in [0, 0.1) is 0 Å². The second kappa shape index (κ2) is 6.89. The Labute approximate surface area is 129 Å². The number of thioether (sulfide) groups is 2. The lowest BCUT2D eigenvalue weighted by atomic mass is 10.3. The third kappa shape index (κ3) is 3.52. The van der Waals surface area contributed by atoms with Crippen molar-refractivity contribution < 1.29 is 0 Å². The van der Waals surface area contributed by atoms with E-state index in [1.807, 2.05) is 11.8 Å². The maximum Gasteiger partial charge on any atom is 0.134 e. The minimum Gasteiger partial charge on any atom is -0.356 e. The van der Waals surface area contributed by atoms with E-state index in [0.29, 0.717) is 0 Å². The highest BCUT2D eigenvalue weighted by atomic mass is 32.2. The van der Waals surface area contributed by atoms with Crippen molar-refractivity contribution in [1.29, 1.82) is 0 Å². The molecular weight excluding hydrogens is 288 g/mol. The largest absolute Gasteiger partial charge is 0.356 e. The molecule has 3 heterocycles. The van der Waals surface area contributed by atoms with Crippen LogP contribution in [0.3, 0.4) is 0 Å². The first-order valence-corrected chi connectivity index (χ1v) is 9.54. The van der Waals surface area contributed by atoms with Crippen LogP contribution in [0.2, 0.25) is 0 Å². The molecule has 1 aromatic heterocycles. The van der Waals surface area contributed by atoms with Crippen LogP contribution in [0.4, 0.5) is 11.6 Å². The average Bonchev–Trinajstić information content (AvgIpc) is 2.73. The molecule has 0 amide bonds. The Morgan fingerprint density at radius 2 is 1.65 bits per heavy atom. The second-order valence-electron chi connectivity index (χ2n) is 5.29. The fraction of sp³-hybridized carbons (Fsp3) is 0.714. The van der Waals surface area contributed by atoms with Gasteiger partial charge in [-0.3, -0.25) is 0 Å². The van der Waals surface area contributed by atoms with E-state index >= 15 is 0 Å². The summed E-state index contributed by atoms with van der Waals surface area (Å²) in [5.74, 6) is 5.80. The number of rotatable bonds is 2. The van der Waals surface area contributed by atoms with Gasteiger partial charge in [-0.2, -0.15) is 23.5 Å². The molecule has 1 atom stereocenters. The molecule has 3 rings (SSSR count). The van der Waals surface area contributed by atoms with Gasteiger partial charge < -0.3 is 9.80 Å². The highest BCUT2D eigenvalue weighted by Crippen LogP contribution is 2.24. The van der Waals surface area contributed by atoms with Crippen molar-refractivity contribution in [3.63, 3.8) is 0 Å². The molecule has 0 bridgehead atoms. The Balaban J connectivity index is 1.72. The zero-order valence-electron chi connectivity index (χ0n) is 12.0.